The third-order valence-corrected chi connectivity index (χ3v) is 7.95. The van der Waals surface area contributed by atoms with E-state index in [0.717, 1.165) is 29.8 Å². The highest BCUT2D eigenvalue weighted by atomic mass is 16.5. The molecule has 5 nitrogen and oxygen atoms in total. The molecule has 5 rings (SSSR count). The van der Waals surface area contributed by atoms with Gasteiger partial charge in [0.05, 0.1) is 13.2 Å². The zero-order valence-corrected chi connectivity index (χ0v) is 24.1. The van der Waals surface area contributed by atoms with Crippen LogP contribution in [0.1, 0.15) is 77.4 Å². The van der Waals surface area contributed by atoms with Gasteiger partial charge in [0.1, 0.15) is 5.75 Å². The van der Waals surface area contributed by atoms with Crippen molar-refractivity contribution in [1.29, 1.82) is 0 Å². The Morgan fingerprint density at radius 1 is 0.829 bits per heavy atom. The lowest BCUT2D eigenvalue weighted by molar-refractivity contribution is 0.0965. The van der Waals surface area contributed by atoms with E-state index in [0.29, 0.717) is 23.3 Å². The molecule has 0 aliphatic carbocycles. The summed E-state index contributed by atoms with van der Waals surface area (Å²) in [5.41, 5.74) is 5.14. The van der Waals surface area contributed by atoms with Gasteiger partial charge in [-0.3, -0.25) is 9.59 Å². The molecule has 2 unspecified atom stereocenters. The lowest BCUT2D eigenvalue weighted by Gasteiger charge is -2.43. The van der Waals surface area contributed by atoms with E-state index >= 15 is 0 Å². The van der Waals surface area contributed by atoms with Gasteiger partial charge in [-0.2, -0.15) is 0 Å². The van der Waals surface area contributed by atoms with E-state index in [1.165, 1.54) is 18.4 Å². The first-order chi connectivity index (χ1) is 20.0. The fourth-order valence-corrected chi connectivity index (χ4v) is 5.77. The number of unbranched alkanes of at least 4 members (excludes halogenated alkanes) is 2. The third kappa shape index (κ3) is 6.04. The molecule has 41 heavy (non-hydrogen) atoms. The number of hydrogen-bond acceptors (Lipinski definition) is 3. The largest absolute Gasteiger partial charge is 0.497 e. The Bertz CT molecular complexity index is 1470. The van der Waals surface area contributed by atoms with Crippen LogP contribution in [0.3, 0.4) is 0 Å². The summed E-state index contributed by atoms with van der Waals surface area (Å²) in [6.45, 7) is 4.28. The lowest BCUT2D eigenvalue weighted by atomic mass is 9.89. The number of fused-ring (bicyclic) bond motifs is 1. The van der Waals surface area contributed by atoms with Gasteiger partial charge in [-0.15, -0.1) is 0 Å². The maximum Gasteiger partial charge on any atom is 0.258 e. The van der Waals surface area contributed by atoms with Crippen molar-refractivity contribution in [3.63, 3.8) is 0 Å². The highest BCUT2D eigenvalue weighted by Crippen LogP contribution is 2.43. The first-order valence-electron chi connectivity index (χ1n) is 14.6. The minimum absolute atomic E-state index is 0.0174. The Hall–Kier alpha value is -4.38. The summed E-state index contributed by atoms with van der Waals surface area (Å²) in [6.07, 6.45) is 5.20. The quantitative estimate of drug-likeness (QED) is 0.199. The number of benzene rings is 4. The summed E-state index contributed by atoms with van der Waals surface area (Å²) in [4.78, 5) is 31.8. The molecule has 0 saturated heterocycles. The molecular formula is C36H38N2O3. The van der Waals surface area contributed by atoms with E-state index in [4.69, 9.17) is 4.74 Å². The number of para-hydroxylation sites is 2. The lowest BCUT2D eigenvalue weighted by Crippen LogP contribution is -2.47. The predicted molar refractivity (Wildman–Crippen MR) is 166 cm³/mol. The summed E-state index contributed by atoms with van der Waals surface area (Å²) in [6, 6.07) is 32.7. The molecule has 2 amide bonds. The second kappa shape index (κ2) is 12.9. The highest BCUT2D eigenvalue weighted by Gasteiger charge is 2.39. The molecule has 2 atom stereocenters. The maximum atomic E-state index is 14.1. The van der Waals surface area contributed by atoms with Crippen molar-refractivity contribution < 1.29 is 14.3 Å². The monoisotopic (exact) mass is 546 g/mol. The molecule has 0 N–H and O–H groups in total. The van der Waals surface area contributed by atoms with Gasteiger partial charge in [0.2, 0.25) is 0 Å². The number of methoxy groups -OCH3 is 1. The van der Waals surface area contributed by atoms with E-state index in [-0.39, 0.29) is 23.9 Å². The van der Waals surface area contributed by atoms with Gasteiger partial charge in [-0.1, -0.05) is 68.3 Å². The first kappa shape index (κ1) is 28.2. The molecule has 0 bridgehead atoms. The first-order valence-corrected chi connectivity index (χ1v) is 14.6. The van der Waals surface area contributed by atoms with Crippen LogP contribution in [-0.4, -0.2) is 25.0 Å². The van der Waals surface area contributed by atoms with Gasteiger partial charge < -0.3 is 14.5 Å². The van der Waals surface area contributed by atoms with Gasteiger partial charge in [-0.25, -0.2) is 0 Å². The van der Waals surface area contributed by atoms with E-state index in [2.05, 4.69) is 26.0 Å². The van der Waals surface area contributed by atoms with Crippen LogP contribution >= 0.6 is 0 Å². The topological polar surface area (TPSA) is 49.9 Å². The van der Waals surface area contributed by atoms with Crippen LogP contribution in [0.15, 0.2) is 103 Å². The number of rotatable bonds is 9. The van der Waals surface area contributed by atoms with Crippen molar-refractivity contribution >= 4 is 23.2 Å². The molecule has 0 radical (unpaired) electrons. The second-order valence-corrected chi connectivity index (χ2v) is 10.7. The number of carbonyl (C=O) groups is 2. The molecule has 0 aromatic heterocycles. The van der Waals surface area contributed by atoms with E-state index in [1.807, 2.05) is 88.7 Å². The van der Waals surface area contributed by atoms with Crippen molar-refractivity contribution in [2.45, 2.75) is 58.0 Å². The average molecular weight is 547 g/mol. The third-order valence-electron chi connectivity index (χ3n) is 7.95. The molecule has 0 spiro atoms. The van der Waals surface area contributed by atoms with Crippen LogP contribution in [-0.2, 0) is 6.42 Å². The fourth-order valence-electron chi connectivity index (χ4n) is 5.77. The van der Waals surface area contributed by atoms with Gasteiger partial charge >= 0.3 is 0 Å². The smallest absolute Gasteiger partial charge is 0.258 e. The Balaban J connectivity index is 1.49. The Morgan fingerprint density at radius 3 is 2.17 bits per heavy atom. The number of hydrogen-bond donors (Lipinski definition) is 0. The van der Waals surface area contributed by atoms with Crippen molar-refractivity contribution in [2.24, 2.45) is 0 Å². The molecule has 0 saturated carbocycles. The second-order valence-electron chi connectivity index (χ2n) is 10.7. The van der Waals surface area contributed by atoms with Crippen LogP contribution in [0.5, 0.6) is 5.75 Å². The number of anilines is 2. The molecule has 4 aromatic rings. The minimum Gasteiger partial charge on any atom is -0.497 e. The van der Waals surface area contributed by atoms with E-state index < -0.39 is 0 Å². The molecule has 5 heteroatoms. The van der Waals surface area contributed by atoms with E-state index in [1.54, 1.807) is 19.2 Å². The molecular weight excluding hydrogens is 508 g/mol. The van der Waals surface area contributed by atoms with Gasteiger partial charge in [0, 0.05) is 28.5 Å². The average Bonchev–Trinajstić information content (AvgIpc) is 3.02. The summed E-state index contributed by atoms with van der Waals surface area (Å²) in [5.74, 6) is 0.591. The summed E-state index contributed by atoms with van der Waals surface area (Å²) < 4.78 is 5.31. The zero-order chi connectivity index (χ0) is 28.8. The van der Waals surface area contributed by atoms with Gasteiger partial charge in [0.15, 0.2) is 0 Å². The highest BCUT2D eigenvalue weighted by molar-refractivity contribution is 6.09. The number of nitrogens with zero attached hydrogens (tertiary/aromatic N) is 2. The number of ether oxygens (including phenoxy) is 1. The number of carbonyl (C=O) groups excluding carboxylic acids is 2. The van der Waals surface area contributed by atoms with E-state index in [9.17, 15) is 9.59 Å². The zero-order valence-electron chi connectivity index (χ0n) is 24.1. The minimum atomic E-state index is -0.247. The van der Waals surface area contributed by atoms with Crippen molar-refractivity contribution in [2.75, 3.05) is 16.9 Å². The number of amides is 2. The normalized spacial score (nSPS) is 16.1. The summed E-state index contributed by atoms with van der Waals surface area (Å²) >= 11 is 0. The van der Waals surface area contributed by atoms with Crippen molar-refractivity contribution in [3.8, 4) is 5.75 Å². The molecule has 0 fully saturated rings. The maximum absolute atomic E-state index is 14.1. The molecule has 1 aliphatic heterocycles. The Labute approximate surface area is 243 Å². The van der Waals surface area contributed by atoms with Crippen molar-refractivity contribution in [3.05, 3.63) is 125 Å². The summed E-state index contributed by atoms with van der Waals surface area (Å²) in [5, 5.41) is 0. The fraction of sp³-hybridized carbons (Fsp3) is 0.278. The Kier molecular flexibility index (Phi) is 8.83. The summed E-state index contributed by atoms with van der Waals surface area (Å²) in [7, 11) is 1.61. The van der Waals surface area contributed by atoms with Crippen LogP contribution in [0.4, 0.5) is 11.4 Å². The van der Waals surface area contributed by atoms with Gasteiger partial charge in [-0.05, 0) is 91.9 Å². The molecule has 4 aromatic carbocycles. The molecule has 1 heterocycles. The predicted octanol–water partition coefficient (Wildman–Crippen LogP) is 8.26. The standard InChI is InChI=1S/C36H38N2O3/c1-4-5-7-12-27-17-19-28(20-18-27)35(39)37-26(2)25-34(32-15-10-11-16-33(32)37)38(30-13-8-6-9-14-30)36(40)29-21-23-31(41-3)24-22-29/h6,8-11,13-24,26,34H,4-5,7,12,25H2,1-3H3. The SMILES string of the molecule is CCCCCc1ccc(C(=O)N2c3ccccc3C(N(C(=O)c3ccc(OC)cc3)c3ccccc3)CC2C)cc1. The van der Waals surface area contributed by atoms with Crippen LogP contribution in [0, 0.1) is 0 Å². The molecule has 210 valence electrons. The Morgan fingerprint density at radius 2 is 1.49 bits per heavy atom. The van der Waals surface area contributed by atoms with Crippen LogP contribution in [0.2, 0.25) is 0 Å². The number of aryl methyl sites for hydroxylation is 1. The molecule has 1 aliphatic rings. The van der Waals surface area contributed by atoms with Crippen molar-refractivity contribution in [1.82, 2.24) is 0 Å². The van der Waals surface area contributed by atoms with Crippen LogP contribution < -0.4 is 14.5 Å². The van der Waals surface area contributed by atoms with Crippen LogP contribution in [0.25, 0.3) is 0 Å². The van der Waals surface area contributed by atoms with Gasteiger partial charge in [0.25, 0.3) is 11.8 Å².